The molecule has 0 aromatic heterocycles. The second-order valence-corrected chi connectivity index (χ2v) is 11.0. The molecule has 1 aromatic rings. The molecule has 0 fully saturated rings. The summed E-state index contributed by atoms with van der Waals surface area (Å²) in [5.41, 5.74) is 2.03. The van der Waals surface area contributed by atoms with E-state index in [1.165, 1.54) is 0 Å². The second-order valence-electron chi connectivity index (χ2n) is 5.35. The van der Waals surface area contributed by atoms with E-state index in [9.17, 15) is 4.79 Å². The molecule has 82 valence electrons. The van der Waals surface area contributed by atoms with E-state index in [1.807, 2.05) is 31.2 Å². The van der Waals surface area contributed by atoms with Gasteiger partial charge in [0.25, 0.3) is 0 Å². The molecule has 0 aliphatic carbocycles. The highest BCUT2D eigenvalue weighted by molar-refractivity contribution is 6.76. The molecule has 2 heteroatoms. The molecular weight excluding hydrogens is 200 g/mol. The number of carbonyl (C=O) groups is 1. The number of hydrogen-bond acceptors (Lipinski definition) is 1. The van der Waals surface area contributed by atoms with Crippen molar-refractivity contribution in [1.29, 1.82) is 0 Å². The summed E-state index contributed by atoms with van der Waals surface area (Å²) in [7, 11) is -1.09. The first kappa shape index (κ1) is 12.2. The number of benzene rings is 1. The summed E-state index contributed by atoms with van der Waals surface area (Å²) >= 11 is 0. The van der Waals surface area contributed by atoms with Crippen molar-refractivity contribution in [3.8, 4) is 0 Å². The lowest BCUT2D eigenvalue weighted by molar-refractivity contribution is 0.0987. The Balaban J connectivity index is 2.62. The lowest BCUT2D eigenvalue weighted by Crippen LogP contribution is -2.20. The number of aryl methyl sites for hydroxylation is 1. The minimum Gasteiger partial charge on any atom is -0.294 e. The molecule has 1 nitrogen and oxygen atoms in total. The van der Waals surface area contributed by atoms with Crippen LogP contribution in [0.25, 0.3) is 0 Å². The average molecular weight is 220 g/mol. The Hall–Kier alpha value is -0.893. The first-order chi connectivity index (χ1) is 6.88. The predicted molar refractivity (Wildman–Crippen MR) is 68.3 cm³/mol. The number of Topliss-reactive ketones (excluding diaryl/α,β-unsaturated/α-hetero) is 1. The van der Waals surface area contributed by atoms with Crippen LogP contribution in [0.5, 0.6) is 0 Å². The van der Waals surface area contributed by atoms with Crippen LogP contribution in [-0.4, -0.2) is 13.9 Å². The molecule has 1 rings (SSSR count). The molecule has 0 heterocycles. The van der Waals surface area contributed by atoms with Crippen molar-refractivity contribution in [2.24, 2.45) is 0 Å². The quantitative estimate of drug-likeness (QED) is 0.555. The summed E-state index contributed by atoms with van der Waals surface area (Å²) in [6.07, 6.45) is 0.708. The summed E-state index contributed by atoms with van der Waals surface area (Å²) in [6.45, 7) is 8.93. The molecular formula is C13H20OSi. The van der Waals surface area contributed by atoms with Gasteiger partial charge >= 0.3 is 0 Å². The fraction of sp³-hybridized carbons (Fsp3) is 0.462. The molecule has 0 amide bonds. The third kappa shape index (κ3) is 4.43. The van der Waals surface area contributed by atoms with Crippen LogP contribution < -0.4 is 0 Å². The van der Waals surface area contributed by atoms with Crippen LogP contribution in [0.4, 0.5) is 0 Å². The molecule has 0 spiro atoms. The minimum atomic E-state index is -1.09. The monoisotopic (exact) mass is 220 g/mol. The predicted octanol–water partition coefficient (Wildman–Crippen LogP) is 3.91. The van der Waals surface area contributed by atoms with Crippen LogP contribution in [0.15, 0.2) is 24.3 Å². The Morgan fingerprint density at radius 2 is 1.93 bits per heavy atom. The molecule has 1 aromatic carbocycles. The van der Waals surface area contributed by atoms with E-state index in [0.29, 0.717) is 12.2 Å². The van der Waals surface area contributed by atoms with Crippen molar-refractivity contribution < 1.29 is 4.79 Å². The lowest BCUT2D eigenvalue weighted by atomic mass is 10.1. The topological polar surface area (TPSA) is 17.1 Å². The zero-order valence-corrected chi connectivity index (χ0v) is 11.1. The number of carbonyl (C=O) groups excluding carboxylic acids is 1. The van der Waals surface area contributed by atoms with E-state index < -0.39 is 8.07 Å². The highest BCUT2D eigenvalue weighted by Gasteiger charge is 2.15. The van der Waals surface area contributed by atoms with Gasteiger partial charge in [-0.15, -0.1) is 0 Å². The van der Waals surface area contributed by atoms with Crippen molar-refractivity contribution in [2.75, 3.05) is 0 Å². The third-order valence-corrected chi connectivity index (χ3v) is 4.19. The number of ketones is 1. The van der Waals surface area contributed by atoms with E-state index >= 15 is 0 Å². The van der Waals surface area contributed by atoms with Crippen LogP contribution >= 0.6 is 0 Å². The summed E-state index contributed by atoms with van der Waals surface area (Å²) in [4.78, 5) is 11.9. The molecule has 0 bridgehead atoms. The van der Waals surface area contributed by atoms with Crippen molar-refractivity contribution in [1.82, 2.24) is 0 Å². The van der Waals surface area contributed by atoms with Gasteiger partial charge in [-0.1, -0.05) is 49.4 Å². The Labute approximate surface area is 93.5 Å². The Morgan fingerprint density at radius 3 is 2.47 bits per heavy atom. The first-order valence-electron chi connectivity index (χ1n) is 5.48. The van der Waals surface area contributed by atoms with Crippen LogP contribution in [0.1, 0.15) is 22.3 Å². The smallest absolute Gasteiger partial charge is 0.162 e. The molecule has 0 atom stereocenters. The van der Waals surface area contributed by atoms with Crippen molar-refractivity contribution in [3.05, 3.63) is 35.4 Å². The van der Waals surface area contributed by atoms with E-state index in [1.54, 1.807) is 0 Å². The van der Waals surface area contributed by atoms with E-state index in [2.05, 4.69) is 19.6 Å². The maximum absolute atomic E-state index is 11.9. The molecule has 0 radical (unpaired) electrons. The van der Waals surface area contributed by atoms with Gasteiger partial charge in [-0.05, 0) is 13.0 Å². The Kier molecular flexibility index (Phi) is 3.86. The molecule has 0 unspecified atom stereocenters. The van der Waals surface area contributed by atoms with Crippen LogP contribution in [0.3, 0.4) is 0 Å². The largest absolute Gasteiger partial charge is 0.294 e. The summed E-state index contributed by atoms with van der Waals surface area (Å²) in [6, 6.07) is 8.96. The van der Waals surface area contributed by atoms with Crippen LogP contribution in [-0.2, 0) is 0 Å². The zero-order chi connectivity index (χ0) is 11.5. The fourth-order valence-electron chi connectivity index (χ4n) is 1.45. The van der Waals surface area contributed by atoms with E-state index in [4.69, 9.17) is 0 Å². The average Bonchev–Trinajstić information content (AvgIpc) is 2.13. The van der Waals surface area contributed by atoms with Gasteiger partial charge in [0.15, 0.2) is 5.78 Å². The second kappa shape index (κ2) is 4.75. The Morgan fingerprint density at radius 1 is 1.27 bits per heavy atom. The third-order valence-electron chi connectivity index (χ3n) is 2.44. The van der Waals surface area contributed by atoms with Gasteiger partial charge in [-0.2, -0.15) is 0 Å². The minimum absolute atomic E-state index is 0.293. The van der Waals surface area contributed by atoms with Crippen molar-refractivity contribution in [3.63, 3.8) is 0 Å². The summed E-state index contributed by atoms with van der Waals surface area (Å²) in [5, 5.41) is 0. The van der Waals surface area contributed by atoms with Crippen LogP contribution in [0.2, 0.25) is 25.7 Å². The maximum Gasteiger partial charge on any atom is 0.162 e. The molecule has 0 saturated carbocycles. The lowest BCUT2D eigenvalue weighted by Gasteiger charge is -2.14. The van der Waals surface area contributed by atoms with Gasteiger partial charge in [0, 0.05) is 20.1 Å². The molecule has 0 saturated heterocycles. The Bertz CT molecular complexity index is 350. The van der Waals surface area contributed by atoms with Gasteiger partial charge in [-0.3, -0.25) is 4.79 Å². The van der Waals surface area contributed by atoms with Gasteiger partial charge in [0.1, 0.15) is 0 Å². The van der Waals surface area contributed by atoms with E-state index in [0.717, 1.165) is 17.2 Å². The highest BCUT2D eigenvalue weighted by Crippen LogP contribution is 2.15. The summed E-state index contributed by atoms with van der Waals surface area (Å²) < 4.78 is 0. The molecule has 0 aliphatic rings. The molecule has 0 aliphatic heterocycles. The van der Waals surface area contributed by atoms with Crippen LogP contribution in [0, 0.1) is 6.92 Å². The SMILES string of the molecule is Cc1cccc(C(=O)CC[Si](C)(C)C)c1. The first-order valence-corrected chi connectivity index (χ1v) is 9.19. The normalized spacial score (nSPS) is 11.5. The van der Waals surface area contributed by atoms with Gasteiger partial charge < -0.3 is 0 Å². The van der Waals surface area contributed by atoms with Gasteiger partial charge in [0.2, 0.25) is 0 Å². The standard InChI is InChI=1S/C13H20OSi/c1-11-6-5-7-12(10-11)13(14)8-9-15(2,3)4/h5-7,10H,8-9H2,1-4H3. The maximum atomic E-state index is 11.9. The van der Waals surface area contributed by atoms with Crippen molar-refractivity contribution in [2.45, 2.75) is 39.0 Å². The fourth-order valence-corrected chi connectivity index (χ4v) is 2.43. The number of hydrogen-bond donors (Lipinski definition) is 0. The van der Waals surface area contributed by atoms with E-state index in [-0.39, 0.29) is 0 Å². The molecule has 15 heavy (non-hydrogen) atoms. The summed E-state index contributed by atoms with van der Waals surface area (Å²) in [5.74, 6) is 0.293. The number of rotatable bonds is 4. The van der Waals surface area contributed by atoms with Gasteiger partial charge in [-0.25, -0.2) is 0 Å². The van der Waals surface area contributed by atoms with Crippen molar-refractivity contribution >= 4 is 13.9 Å². The van der Waals surface area contributed by atoms with Gasteiger partial charge in [0.05, 0.1) is 0 Å². The molecule has 0 N–H and O–H groups in total. The zero-order valence-electron chi connectivity index (χ0n) is 10.1. The highest BCUT2D eigenvalue weighted by atomic mass is 28.3.